The zero-order valence-electron chi connectivity index (χ0n) is 22.4. The largest absolute Gasteiger partial charge is 0.479 e. The molecule has 0 saturated carbocycles. The van der Waals surface area contributed by atoms with Crippen LogP contribution in [0, 0.1) is 6.92 Å². The number of benzene rings is 1. The van der Waals surface area contributed by atoms with E-state index in [9.17, 15) is 9.59 Å². The number of nitrogens with one attached hydrogen (secondary N) is 3. The number of piperazine rings is 1. The zero-order valence-corrected chi connectivity index (χ0v) is 22.4. The fourth-order valence-electron chi connectivity index (χ4n) is 3.89. The third-order valence-corrected chi connectivity index (χ3v) is 5.95. The van der Waals surface area contributed by atoms with E-state index in [2.05, 4.69) is 42.5 Å². The highest BCUT2D eigenvalue weighted by molar-refractivity contribution is 5.99. The second-order valence-electron chi connectivity index (χ2n) is 8.99. The topological polar surface area (TPSA) is 141 Å². The Balaban J connectivity index is 1.46. The van der Waals surface area contributed by atoms with Gasteiger partial charge in [0.05, 0.1) is 13.3 Å². The molecule has 3 N–H and O–H groups in total. The van der Waals surface area contributed by atoms with Gasteiger partial charge in [-0.25, -0.2) is 14.8 Å². The second kappa shape index (κ2) is 12.1. The molecule has 0 aliphatic carbocycles. The van der Waals surface area contributed by atoms with Crippen LogP contribution in [0.15, 0.2) is 49.3 Å². The molecule has 0 unspecified atom stereocenters. The van der Waals surface area contributed by atoms with Gasteiger partial charge in [0.25, 0.3) is 0 Å². The lowest BCUT2D eigenvalue weighted by Crippen LogP contribution is -2.51. The van der Waals surface area contributed by atoms with Crippen LogP contribution in [-0.2, 0) is 4.79 Å². The van der Waals surface area contributed by atoms with Gasteiger partial charge in [-0.2, -0.15) is 9.97 Å². The lowest BCUT2D eigenvalue weighted by Gasteiger charge is -2.36. The molecule has 1 aromatic carbocycles. The minimum atomic E-state index is -0.291. The number of rotatable bonds is 8. The molecular formula is C26H32N10O3. The van der Waals surface area contributed by atoms with Crippen molar-refractivity contribution < 1.29 is 14.3 Å². The van der Waals surface area contributed by atoms with Crippen LogP contribution in [0.3, 0.4) is 0 Å². The average molecular weight is 533 g/mol. The van der Waals surface area contributed by atoms with E-state index in [4.69, 9.17) is 4.74 Å². The van der Waals surface area contributed by atoms with Gasteiger partial charge in [-0.3, -0.25) is 4.79 Å². The third kappa shape index (κ3) is 6.69. The maximum absolute atomic E-state index is 12.2. The van der Waals surface area contributed by atoms with Gasteiger partial charge in [-0.05, 0) is 31.2 Å². The Kier molecular flexibility index (Phi) is 8.39. The first-order chi connectivity index (χ1) is 18.8. The molecule has 2 aromatic heterocycles. The SMILES string of the molecule is C=CC(=O)Nc1cccc(Nc2nc(Nc3cnc(N4CCN(C(=O)N(C)C)CC4)nc3OC)ncc2C)c1. The number of methoxy groups -OCH3 is 1. The number of hydrogen-bond donors (Lipinski definition) is 3. The van der Waals surface area contributed by atoms with Crippen molar-refractivity contribution >= 4 is 46.7 Å². The predicted molar refractivity (Wildman–Crippen MR) is 150 cm³/mol. The van der Waals surface area contributed by atoms with Crippen molar-refractivity contribution in [1.82, 2.24) is 29.7 Å². The van der Waals surface area contributed by atoms with E-state index in [1.807, 2.05) is 24.0 Å². The van der Waals surface area contributed by atoms with E-state index in [0.29, 0.717) is 61.1 Å². The molecule has 3 aromatic rings. The number of aryl methyl sites for hydroxylation is 1. The van der Waals surface area contributed by atoms with E-state index >= 15 is 0 Å². The summed E-state index contributed by atoms with van der Waals surface area (Å²) in [5.41, 5.74) is 2.70. The van der Waals surface area contributed by atoms with Crippen molar-refractivity contribution in [2.24, 2.45) is 0 Å². The van der Waals surface area contributed by atoms with Gasteiger partial charge in [0.1, 0.15) is 11.5 Å². The molecule has 1 aliphatic rings. The number of aromatic nitrogens is 4. The van der Waals surface area contributed by atoms with Gasteiger partial charge in [-0.15, -0.1) is 0 Å². The number of nitrogens with zero attached hydrogens (tertiary/aromatic N) is 7. The normalized spacial score (nSPS) is 12.9. The Labute approximate surface area is 226 Å². The van der Waals surface area contributed by atoms with Crippen molar-refractivity contribution in [2.45, 2.75) is 6.92 Å². The first kappa shape index (κ1) is 27.1. The fraction of sp³-hybridized carbons (Fsp3) is 0.308. The molecule has 0 atom stereocenters. The molecule has 39 heavy (non-hydrogen) atoms. The summed E-state index contributed by atoms with van der Waals surface area (Å²) in [5, 5.41) is 9.13. The summed E-state index contributed by atoms with van der Waals surface area (Å²) in [6, 6.07) is 7.25. The summed E-state index contributed by atoms with van der Waals surface area (Å²) in [4.78, 5) is 47.3. The number of ether oxygens (including phenoxy) is 1. The highest BCUT2D eigenvalue weighted by Gasteiger charge is 2.24. The van der Waals surface area contributed by atoms with E-state index in [0.717, 1.165) is 11.3 Å². The standard InChI is InChI=1S/C26H32N10O3/c1-6-21(37)29-18-8-7-9-19(14-18)30-22-17(2)15-27-24(32-22)31-20-16-28-25(33-23(20)39-5)35-10-12-36(13-11-35)26(38)34(3)4/h6-9,14-16H,1,10-13H2,2-5H3,(H,29,37)(H2,27,30,31,32). The molecule has 1 saturated heterocycles. The minimum Gasteiger partial charge on any atom is -0.479 e. The van der Waals surface area contributed by atoms with Crippen molar-refractivity contribution in [3.05, 3.63) is 54.9 Å². The number of anilines is 6. The maximum atomic E-state index is 12.2. The Hall–Kier alpha value is -4.94. The molecule has 0 radical (unpaired) electrons. The predicted octanol–water partition coefficient (Wildman–Crippen LogP) is 3.00. The summed E-state index contributed by atoms with van der Waals surface area (Å²) in [7, 11) is 5.02. The Bertz CT molecular complexity index is 1360. The number of carbonyl (C=O) groups excluding carboxylic acids is 2. The highest BCUT2D eigenvalue weighted by atomic mass is 16.5. The molecule has 3 heterocycles. The minimum absolute atomic E-state index is 0.00757. The lowest BCUT2D eigenvalue weighted by atomic mass is 10.2. The molecule has 1 fully saturated rings. The Morgan fingerprint density at radius 1 is 1.05 bits per heavy atom. The van der Waals surface area contributed by atoms with Crippen LogP contribution >= 0.6 is 0 Å². The fourth-order valence-corrected chi connectivity index (χ4v) is 3.89. The Morgan fingerprint density at radius 2 is 1.79 bits per heavy atom. The van der Waals surface area contributed by atoms with Crippen molar-refractivity contribution in [1.29, 1.82) is 0 Å². The summed E-state index contributed by atoms with van der Waals surface area (Å²) in [6.45, 7) is 7.76. The molecule has 13 heteroatoms. The monoisotopic (exact) mass is 532 g/mol. The van der Waals surface area contributed by atoms with Crippen LogP contribution in [0.2, 0.25) is 0 Å². The van der Waals surface area contributed by atoms with Gasteiger partial charge in [0, 0.05) is 63.4 Å². The van der Waals surface area contributed by atoms with E-state index < -0.39 is 0 Å². The summed E-state index contributed by atoms with van der Waals surface area (Å²) in [6.07, 6.45) is 4.53. The number of carbonyl (C=O) groups is 2. The van der Waals surface area contributed by atoms with Crippen LogP contribution in [0.1, 0.15) is 5.56 Å². The summed E-state index contributed by atoms with van der Waals surface area (Å²) >= 11 is 0. The lowest BCUT2D eigenvalue weighted by molar-refractivity contribution is -0.111. The van der Waals surface area contributed by atoms with Gasteiger partial charge in [-0.1, -0.05) is 12.6 Å². The number of amides is 3. The molecule has 4 rings (SSSR count). The quantitative estimate of drug-likeness (QED) is 0.371. The van der Waals surface area contributed by atoms with Gasteiger partial charge >= 0.3 is 6.03 Å². The Morgan fingerprint density at radius 3 is 2.49 bits per heavy atom. The third-order valence-electron chi connectivity index (χ3n) is 5.95. The first-order valence-corrected chi connectivity index (χ1v) is 12.3. The van der Waals surface area contributed by atoms with Gasteiger partial charge in [0.2, 0.25) is 23.7 Å². The molecule has 0 spiro atoms. The molecule has 0 bridgehead atoms. The maximum Gasteiger partial charge on any atom is 0.319 e. The molecule has 3 amide bonds. The van der Waals surface area contributed by atoms with Crippen molar-refractivity contribution in [3.63, 3.8) is 0 Å². The zero-order chi connectivity index (χ0) is 27.9. The van der Waals surface area contributed by atoms with Crippen LogP contribution in [0.4, 0.5) is 39.6 Å². The molecular weight excluding hydrogens is 500 g/mol. The molecule has 204 valence electrons. The summed E-state index contributed by atoms with van der Waals surface area (Å²) in [5.74, 6) is 1.48. The van der Waals surface area contributed by atoms with Crippen LogP contribution in [0.25, 0.3) is 0 Å². The molecule has 1 aliphatic heterocycles. The van der Waals surface area contributed by atoms with Gasteiger partial charge in [0.15, 0.2) is 0 Å². The smallest absolute Gasteiger partial charge is 0.319 e. The van der Waals surface area contributed by atoms with Crippen LogP contribution in [-0.4, -0.2) is 89.1 Å². The van der Waals surface area contributed by atoms with Crippen molar-refractivity contribution in [2.75, 3.05) is 68.2 Å². The molecule has 13 nitrogen and oxygen atoms in total. The number of urea groups is 1. The van der Waals surface area contributed by atoms with E-state index in [1.165, 1.54) is 13.2 Å². The highest BCUT2D eigenvalue weighted by Crippen LogP contribution is 2.28. The van der Waals surface area contributed by atoms with E-state index in [-0.39, 0.29) is 11.9 Å². The van der Waals surface area contributed by atoms with Gasteiger partial charge < -0.3 is 35.4 Å². The van der Waals surface area contributed by atoms with Crippen LogP contribution in [0.5, 0.6) is 5.88 Å². The number of hydrogen-bond acceptors (Lipinski definition) is 10. The summed E-state index contributed by atoms with van der Waals surface area (Å²) < 4.78 is 5.52. The van der Waals surface area contributed by atoms with Crippen LogP contribution < -0.4 is 25.6 Å². The second-order valence-corrected chi connectivity index (χ2v) is 8.99. The van der Waals surface area contributed by atoms with Crippen molar-refractivity contribution in [3.8, 4) is 5.88 Å². The first-order valence-electron chi connectivity index (χ1n) is 12.3. The van der Waals surface area contributed by atoms with E-state index in [1.54, 1.807) is 48.4 Å². The average Bonchev–Trinajstić information content (AvgIpc) is 2.94.